The second-order valence-electron chi connectivity index (χ2n) is 4.95. The van der Waals surface area contributed by atoms with E-state index in [0.29, 0.717) is 26.3 Å². The highest BCUT2D eigenvalue weighted by Crippen LogP contribution is 2.14. The quantitative estimate of drug-likeness (QED) is 0.683. The summed E-state index contributed by atoms with van der Waals surface area (Å²) in [5.74, 6) is -1.06. The Bertz CT molecular complexity index is 691. The molecular weight excluding hydrogens is 326 g/mol. The lowest BCUT2D eigenvalue weighted by Gasteiger charge is -2.26. The van der Waals surface area contributed by atoms with Crippen molar-refractivity contribution in [3.05, 3.63) is 18.0 Å². The number of esters is 1. The fraction of sp³-hybridized carbons (Fsp3) is 0.538. The van der Waals surface area contributed by atoms with E-state index in [0.717, 1.165) is 0 Å². The van der Waals surface area contributed by atoms with Crippen molar-refractivity contribution in [3.8, 4) is 0 Å². The Kier molecular flexibility index (Phi) is 5.39. The molecule has 9 nitrogen and oxygen atoms in total. The number of hydrogen-bond acceptors (Lipinski definition) is 6. The first-order valence-corrected chi connectivity index (χ1v) is 8.46. The fourth-order valence-corrected chi connectivity index (χ4v) is 2.91. The van der Waals surface area contributed by atoms with Gasteiger partial charge in [-0.25, -0.2) is 17.9 Å². The van der Waals surface area contributed by atoms with Crippen molar-refractivity contribution in [2.24, 2.45) is 7.05 Å². The number of nitrogens with one attached hydrogen (secondary N) is 1. The summed E-state index contributed by atoms with van der Waals surface area (Å²) in [5, 5.41) is 0. The van der Waals surface area contributed by atoms with Crippen LogP contribution in [0, 0.1) is 0 Å². The highest BCUT2D eigenvalue weighted by molar-refractivity contribution is 7.89. The van der Waals surface area contributed by atoms with Crippen LogP contribution in [0.25, 0.3) is 0 Å². The van der Waals surface area contributed by atoms with Crippen LogP contribution in [0.15, 0.2) is 17.2 Å². The smallest absolute Gasteiger partial charge is 0.355 e. The monoisotopic (exact) mass is 345 g/mol. The molecule has 1 aromatic heterocycles. The molecule has 10 heteroatoms. The van der Waals surface area contributed by atoms with E-state index in [9.17, 15) is 18.0 Å². The normalized spacial score (nSPS) is 15.5. The van der Waals surface area contributed by atoms with Crippen LogP contribution in [0.3, 0.4) is 0 Å². The summed E-state index contributed by atoms with van der Waals surface area (Å²) in [6.07, 6.45) is 1.30. The molecule has 1 aliphatic heterocycles. The first-order chi connectivity index (χ1) is 10.8. The van der Waals surface area contributed by atoms with Crippen molar-refractivity contribution in [1.82, 2.24) is 14.2 Å². The van der Waals surface area contributed by atoms with Gasteiger partial charge in [-0.2, -0.15) is 0 Å². The van der Waals surface area contributed by atoms with Gasteiger partial charge in [0.2, 0.25) is 10.0 Å². The average Bonchev–Trinajstić information content (AvgIpc) is 2.96. The highest BCUT2D eigenvalue weighted by atomic mass is 32.2. The van der Waals surface area contributed by atoms with Crippen molar-refractivity contribution in [2.75, 3.05) is 40.0 Å². The summed E-state index contributed by atoms with van der Waals surface area (Å²) in [6.45, 7) is 1.46. The van der Waals surface area contributed by atoms with Crippen molar-refractivity contribution in [2.45, 2.75) is 4.90 Å². The zero-order valence-electron chi connectivity index (χ0n) is 12.9. The molecule has 0 bridgehead atoms. The number of amides is 1. The van der Waals surface area contributed by atoms with Crippen molar-refractivity contribution < 1.29 is 27.5 Å². The van der Waals surface area contributed by atoms with Crippen molar-refractivity contribution in [1.29, 1.82) is 0 Å². The first kappa shape index (κ1) is 17.4. The topological polar surface area (TPSA) is 107 Å². The summed E-state index contributed by atoms with van der Waals surface area (Å²) >= 11 is 0. The number of carbonyl (C=O) groups excluding carboxylic acids is 2. The fourth-order valence-electron chi connectivity index (χ4n) is 2.11. The minimum atomic E-state index is -3.65. The SMILES string of the molecule is CNS(=O)(=O)c1cc(C(=O)OCC(=O)N2CCOCC2)n(C)c1. The molecule has 1 amide bonds. The molecule has 0 spiro atoms. The van der Waals surface area contributed by atoms with Crippen LogP contribution in [0.2, 0.25) is 0 Å². The van der Waals surface area contributed by atoms with Crippen LogP contribution >= 0.6 is 0 Å². The number of aromatic nitrogens is 1. The maximum Gasteiger partial charge on any atom is 0.355 e. The Morgan fingerprint density at radius 1 is 1.35 bits per heavy atom. The van der Waals surface area contributed by atoms with E-state index in [-0.39, 0.29) is 16.5 Å². The molecule has 23 heavy (non-hydrogen) atoms. The van der Waals surface area contributed by atoms with Gasteiger partial charge in [-0.3, -0.25) is 4.79 Å². The van der Waals surface area contributed by atoms with Gasteiger partial charge in [0.15, 0.2) is 6.61 Å². The molecule has 1 saturated heterocycles. The molecule has 0 atom stereocenters. The number of morpholine rings is 1. The first-order valence-electron chi connectivity index (χ1n) is 6.97. The number of carbonyl (C=O) groups is 2. The number of ether oxygens (including phenoxy) is 2. The third-order valence-corrected chi connectivity index (χ3v) is 4.84. The van der Waals surface area contributed by atoms with Crippen LogP contribution in [0.5, 0.6) is 0 Å². The van der Waals surface area contributed by atoms with Gasteiger partial charge >= 0.3 is 5.97 Å². The number of nitrogens with zero attached hydrogens (tertiary/aromatic N) is 2. The maximum atomic E-state index is 12.0. The molecule has 128 valence electrons. The standard InChI is InChI=1S/C13H19N3O6S/c1-14-23(19,20)10-7-11(15(2)8-10)13(18)22-9-12(17)16-3-5-21-6-4-16/h7-8,14H,3-6,9H2,1-2H3. The molecule has 0 saturated carbocycles. The third-order valence-electron chi connectivity index (χ3n) is 3.46. The summed E-state index contributed by atoms with van der Waals surface area (Å²) < 4.78 is 37.0. The summed E-state index contributed by atoms with van der Waals surface area (Å²) in [5.41, 5.74) is 0.0496. The molecular formula is C13H19N3O6S. The number of sulfonamides is 1. The molecule has 0 unspecified atom stereocenters. The van der Waals surface area contributed by atoms with Gasteiger partial charge < -0.3 is 18.9 Å². The van der Waals surface area contributed by atoms with Crippen LogP contribution in [-0.2, 0) is 31.3 Å². The second-order valence-corrected chi connectivity index (χ2v) is 6.84. The largest absolute Gasteiger partial charge is 0.451 e. The predicted molar refractivity (Wildman–Crippen MR) is 79.3 cm³/mol. The predicted octanol–water partition coefficient (Wildman–Crippen LogP) is -1.05. The molecule has 1 fully saturated rings. The van der Waals surface area contributed by atoms with Crippen molar-refractivity contribution >= 4 is 21.9 Å². The molecule has 2 heterocycles. The third kappa shape index (κ3) is 4.09. The summed E-state index contributed by atoms with van der Waals surface area (Å²) in [4.78, 5) is 25.4. The van der Waals surface area contributed by atoms with Gasteiger partial charge in [0.25, 0.3) is 5.91 Å². The van der Waals surface area contributed by atoms with Crippen LogP contribution < -0.4 is 4.72 Å². The molecule has 2 rings (SSSR count). The molecule has 1 aromatic rings. The zero-order chi connectivity index (χ0) is 17.0. The Balaban J connectivity index is 1.99. The Morgan fingerprint density at radius 3 is 2.61 bits per heavy atom. The average molecular weight is 345 g/mol. The number of rotatable bonds is 5. The lowest BCUT2D eigenvalue weighted by molar-refractivity contribution is -0.138. The lowest BCUT2D eigenvalue weighted by atomic mass is 10.4. The van der Waals surface area contributed by atoms with Crippen LogP contribution in [0.4, 0.5) is 0 Å². The van der Waals surface area contributed by atoms with Crippen LogP contribution in [0.1, 0.15) is 10.5 Å². The molecule has 0 aliphatic carbocycles. The Hall–Kier alpha value is -1.91. The van der Waals surface area contributed by atoms with E-state index in [1.165, 1.54) is 30.9 Å². The molecule has 1 aliphatic rings. The minimum absolute atomic E-state index is 0.0473. The highest BCUT2D eigenvalue weighted by Gasteiger charge is 2.22. The lowest BCUT2D eigenvalue weighted by Crippen LogP contribution is -2.42. The molecule has 0 radical (unpaired) electrons. The molecule has 0 aromatic carbocycles. The van der Waals surface area contributed by atoms with Gasteiger partial charge in [0.05, 0.1) is 13.2 Å². The van der Waals surface area contributed by atoms with E-state index >= 15 is 0 Å². The maximum absolute atomic E-state index is 12.0. The van der Waals surface area contributed by atoms with Crippen molar-refractivity contribution in [3.63, 3.8) is 0 Å². The van der Waals surface area contributed by atoms with Gasteiger partial charge in [0.1, 0.15) is 10.6 Å². The number of hydrogen-bond donors (Lipinski definition) is 1. The van der Waals surface area contributed by atoms with E-state index < -0.39 is 22.6 Å². The minimum Gasteiger partial charge on any atom is -0.451 e. The van der Waals surface area contributed by atoms with Gasteiger partial charge in [0, 0.05) is 26.3 Å². The van der Waals surface area contributed by atoms with Gasteiger partial charge in [-0.1, -0.05) is 0 Å². The second kappa shape index (κ2) is 7.11. The van der Waals surface area contributed by atoms with E-state index in [1.54, 1.807) is 4.90 Å². The molecule has 1 N–H and O–H groups in total. The number of aryl methyl sites for hydroxylation is 1. The van der Waals surface area contributed by atoms with E-state index in [2.05, 4.69) is 4.72 Å². The van der Waals surface area contributed by atoms with Gasteiger partial charge in [-0.05, 0) is 13.1 Å². The van der Waals surface area contributed by atoms with E-state index in [1.807, 2.05) is 0 Å². The Morgan fingerprint density at radius 2 is 2.00 bits per heavy atom. The van der Waals surface area contributed by atoms with Crippen LogP contribution in [-0.4, -0.2) is 69.7 Å². The Labute approximate surface area is 134 Å². The van der Waals surface area contributed by atoms with E-state index in [4.69, 9.17) is 9.47 Å². The summed E-state index contributed by atoms with van der Waals surface area (Å²) in [7, 11) is -0.847. The zero-order valence-corrected chi connectivity index (χ0v) is 13.8. The van der Waals surface area contributed by atoms with Gasteiger partial charge in [-0.15, -0.1) is 0 Å². The summed E-state index contributed by atoms with van der Waals surface area (Å²) in [6, 6.07) is 1.20.